The molecule has 0 saturated heterocycles. The van der Waals surface area contributed by atoms with E-state index in [-0.39, 0.29) is 38.0 Å². The second-order valence-electron chi connectivity index (χ2n) is 8.64. The lowest BCUT2D eigenvalue weighted by molar-refractivity contribution is -0.122. The quantitative estimate of drug-likeness (QED) is 0.368. The first kappa shape index (κ1) is 24.9. The third-order valence-electron chi connectivity index (χ3n) is 6.14. The Bertz CT molecular complexity index is 1200. The van der Waals surface area contributed by atoms with Gasteiger partial charge in [-0.05, 0) is 46.9 Å². The summed E-state index contributed by atoms with van der Waals surface area (Å²) in [6, 6.07) is 22.1. The Morgan fingerprint density at radius 2 is 1.53 bits per heavy atom. The van der Waals surface area contributed by atoms with Crippen molar-refractivity contribution < 1.29 is 24.2 Å². The van der Waals surface area contributed by atoms with Crippen molar-refractivity contribution in [2.75, 3.05) is 18.5 Å². The molecule has 3 aromatic carbocycles. The number of alkyl carbamates (subject to hydrolysis) is 1. The molecule has 0 bridgehead atoms. The molecule has 8 heteroatoms. The summed E-state index contributed by atoms with van der Waals surface area (Å²) >= 11 is 0. The van der Waals surface area contributed by atoms with E-state index < -0.39 is 18.0 Å². The molecule has 0 heterocycles. The Morgan fingerprint density at radius 1 is 0.917 bits per heavy atom. The van der Waals surface area contributed by atoms with Crippen molar-refractivity contribution >= 4 is 23.6 Å². The fraction of sp³-hybridized carbons (Fsp3) is 0.250. The topological polar surface area (TPSA) is 117 Å². The largest absolute Gasteiger partial charge is 0.449 e. The SMILES string of the molecule is C[C@H](NC(=O)OCC1c2ccccc2-c2ccccc21)C(=O)NCCC(=O)Nc1ccc(CO)cc1. The van der Waals surface area contributed by atoms with Crippen LogP contribution < -0.4 is 16.0 Å². The van der Waals surface area contributed by atoms with Crippen LogP contribution in [0.4, 0.5) is 10.5 Å². The molecule has 3 aromatic rings. The smallest absolute Gasteiger partial charge is 0.407 e. The molecular formula is C28H29N3O5. The molecule has 186 valence electrons. The second kappa shape index (κ2) is 11.5. The van der Waals surface area contributed by atoms with Gasteiger partial charge >= 0.3 is 6.09 Å². The van der Waals surface area contributed by atoms with Gasteiger partial charge in [0.1, 0.15) is 12.6 Å². The first-order valence-corrected chi connectivity index (χ1v) is 11.8. The van der Waals surface area contributed by atoms with Crippen molar-refractivity contribution in [2.24, 2.45) is 0 Å². The van der Waals surface area contributed by atoms with Crippen LogP contribution in [0.25, 0.3) is 11.1 Å². The second-order valence-corrected chi connectivity index (χ2v) is 8.64. The van der Waals surface area contributed by atoms with Gasteiger partial charge in [-0.15, -0.1) is 0 Å². The van der Waals surface area contributed by atoms with E-state index in [0.717, 1.165) is 27.8 Å². The maximum atomic E-state index is 12.4. The molecule has 36 heavy (non-hydrogen) atoms. The molecule has 0 saturated carbocycles. The van der Waals surface area contributed by atoms with Crippen molar-refractivity contribution in [3.8, 4) is 11.1 Å². The standard InChI is InChI=1S/C28H29N3O5/c1-18(27(34)29-15-14-26(33)31-20-12-10-19(16-32)11-13-20)30-28(35)36-17-25-23-8-4-2-6-21(23)22-7-3-5-9-24(22)25/h2-13,18,25,32H,14-17H2,1H3,(H,29,34)(H,30,35)(H,31,33)/t18-/m0/s1. The Morgan fingerprint density at radius 3 is 2.14 bits per heavy atom. The van der Waals surface area contributed by atoms with E-state index >= 15 is 0 Å². The first-order chi connectivity index (χ1) is 17.5. The van der Waals surface area contributed by atoms with Gasteiger partial charge in [-0.2, -0.15) is 0 Å². The number of nitrogens with one attached hydrogen (secondary N) is 3. The minimum Gasteiger partial charge on any atom is -0.449 e. The third-order valence-corrected chi connectivity index (χ3v) is 6.14. The molecule has 0 radical (unpaired) electrons. The average Bonchev–Trinajstić information content (AvgIpc) is 3.21. The number of aliphatic hydroxyl groups is 1. The fourth-order valence-corrected chi connectivity index (χ4v) is 4.25. The number of benzene rings is 3. The monoisotopic (exact) mass is 487 g/mol. The predicted octanol–water partition coefficient (Wildman–Crippen LogP) is 3.55. The van der Waals surface area contributed by atoms with Gasteiger partial charge < -0.3 is 25.8 Å². The molecule has 4 N–H and O–H groups in total. The van der Waals surface area contributed by atoms with Crippen molar-refractivity contribution in [3.63, 3.8) is 0 Å². The molecule has 1 aliphatic rings. The molecule has 0 fully saturated rings. The highest BCUT2D eigenvalue weighted by Gasteiger charge is 2.29. The van der Waals surface area contributed by atoms with Crippen molar-refractivity contribution in [1.29, 1.82) is 0 Å². The molecule has 0 unspecified atom stereocenters. The highest BCUT2D eigenvalue weighted by atomic mass is 16.5. The summed E-state index contributed by atoms with van der Waals surface area (Å²) in [5, 5.41) is 17.0. The van der Waals surface area contributed by atoms with E-state index in [1.807, 2.05) is 36.4 Å². The molecule has 8 nitrogen and oxygen atoms in total. The van der Waals surface area contributed by atoms with Crippen LogP contribution in [-0.4, -0.2) is 42.2 Å². The van der Waals surface area contributed by atoms with Crippen LogP contribution in [0.3, 0.4) is 0 Å². The summed E-state index contributed by atoms with van der Waals surface area (Å²) < 4.78 is 5.48. The Labute approximate surface area is 209 Å². The van der Waals surface area contributed by atoms with E-state index in [1.54, 1.807) is 31.2 Å². The maximum absolute atomic E-state index is 12.4. The summed E-state index contributed by atoms with van der Waals surface area (Å²) in [4.78, 5) is 36.8. The molecule has 1 aliphatic carbocycles. The zero-order chi connectivity index (χ0) is 25.5. The predicted molar refractivity (Wildman–Crippen MR) is 136 cm³/mol. The number of hydrogen-bond acceptors (Lipinski definition) is 5. The number of hydrogen-bond donors (Lipinski definition) is 4. The summed E-state index contributed by atoms with van der Waals surface area (Å²) in [6.45, 7) is 1.77. The van der Waals surface area contributed by atoms with Crippen LogP contribution in [0, 0.1) is 0 Å². The molecule has 3 amide bonds. The number of fused-ring (bicyclic) bond motifs is 3. The molecule has 0 aliphatic heterocycles. The summed E-state index contributed by atoms with van der Waals surface area (Å²) in [7, 11) is 0. The Balaban J connectivity index is 1.20. The van der Waals surface area contributed by atoms with Crippen LogP contribution in [0.1, 0.15) is 36.0 Å². The van der Waals surface area contributed by atoms with Gasteiger partial charge in [0, 0.05) is 24.6 Å². The maximum Gasteiger partial charge on any atom is 0.407 e. The molecule has 0 aromatic heterocycles. The normalized spacial score (nSPS) is 12.7. The van der Waals surface area contributed by atoms with Crippen LogP contribution in [-0.2, 0) is 20.9 Å². The Kier molecular flexibility index (Phi) is 7.97. The number of aliphatic hydroxyl groups excluding tert-OH is 1. The minimum absolute atomic E-state index is 0.0642. The van der Waals surface area contributed by atoms with E-state index in [2.05, 4.69) is 28.1 Å². The van der Waals surface area contributed by atoms with E-state index in [9.17, 15) is 14.4 Å². The number of carbonyl (C=O) groups is 3. The lowest BCUT2D eigenvalue weighted by Gasteiger charge is -2.17. The number of amides is 3. The summed E-state index contributed by atoms with van der Waals surface area (Å²) in [6.07, 6.45) is -0.603. The highest BCUT2D eigenvalue weighted by Crippen LogP contribution is 2.44. The molecule has 1 atom stereocenters. The van der Waals surface area contributed by atoms with Crippen LogP contribution in [0.2, 0.25) is 0 Å². The lowest BCUT2D eigenvalue weighted by atomic mass is 9.98. The van der Waals surface area contributed by atoms with E-state index in [0.29, 0.717) is 5.69 Å². The van der Waals surface area contributed by atoms with Crippen LogP contribution >= 0.6 is 0 Å². The summed E-state index contributed by atoms with van der Waals surface area (Å²) in [5.74, 6) is -0.738. The molecule has 0 spiro atoms. The van der Waals surface area contributed by atoms with Crippen molar-refractivity contribution in [3.05, 3.63) is 89.5 Å². The van der Waals surface area contributed by atoms with Crippen LogP contribution in [0.5, 0.6) is 0 Å². The van der Waals surface area contributed by atoms with Crippen LogP contribution in [0.15, 0.2) is 72.8 Å². The zero-order valence-corrected chi connectivity index (χ0v) is 20.0. The third kappa shape index (κ3) is 5.90. The fourth-order valence-electron chi connectivity index (χ4n) is 4.25. The van der Waals surface area contributed by atoms with Crippen molar-refractivity contribution in [2.45, 2.75) is 31.9 Å². The lowest BCUT2D eigenvalue weighted by Crippen LogP contribution is -2.45. The van der Waals surface area contributed by atoms with Gasteiger partial charge in [-0.3, -0.25) is 9.59 Å². The van der Waals surface area contributed by atoms with Gasteiger partial charge in [-0.1, -0.05) is 60.7 Å². The zero-order valence-electron chi connectivity index (χ0n) is 20.0. The number of rotatable bonds is 9. The van der Waals surface area contributed by atoms with Gasteiger partial charge in [-0.25, -0.2) is 4.79 Å². The average molecular weight is 488 g/mol. The highest BCUT2D eigenvalue weighted by molar-refractivity contribution is 5.91. The number of ether oxygens (including phenoxy) is 1. The first-order valence-electron chi connectivity index (χ1n) is 11.8. The van der Waals surface area contributed by atoms with Crippen molar-refractivity contribution in [1.82, 2.24) is 10.6 Å². The van der Waals surface area contributed by atoms with E-state index in [4.69, 9.17) is 9.84 Å². The van der Waals surface area contributed by atoms with Gasteiger partial charge in [0.2, 0.25) is 11.8 Å². The Hall–Kier alpha value is -4.17. The molecular weight excluding hydrogens is 458 g/mol. The summed E-state index contributed by atoms with van der Waals surface area (Å²) in [5.41, 5.74) is 5.86. The van der Waals surface area contributed by atoms with Gasteiger partial charge in [0.15, 0.2) is 0 Å². The minimum atomic E-state index is -0.824. The molecule has 4 rings (SSSR count). The van der Waals surface area contributed by atoms with Gasteiger partial charge in [0.25, 0.3) is 0 Å². The van der Waals surface area contributed by atoms with E-state index in [1.165, 1.54) is 0 Å². The number of carbonyl (C=O) groups excluding carboxylic acids is 3. The number of anilines is 1. The van der Waals surface area contributed by atoms with Gasteiger partial charge in [0.05, 0.1) is 6.61 Å².